The van der Waals surface area contributed by atoms with Gasteiger partial charge in [0.15, 0.2) is 0 Å². The number of carbonyl (C=O) groups is 2. The Morgan fingerprint density at radius 1 is 1.15 bits per heavy atom. The van der Waals surface area contributed by atoms with Crippen molar-refractivity contribution in [3.8, 4) is 0 Å². The SMILES string of the molecule is O=C(O)CC(=O)N(Cc1ccccc1)C1=CCCC=C1. The highest BCUT2D eigenvalue weighted by atomic mass is 16.4. The fourth-order valence-electron chi connectivity index (χ4n) is 2.11. The van der Waals surface area contributed by atoms with E-state index in [0.717, 1.165) is 24.1 Å². The van der Waals surface area contributed by atoms with E-state index in [-0.39, 0.29) is 5.91 Å². The van der Waals surface area contributed by atoms with Crippen LogP contribution < -0.4 is 0 Å². The predicted octanol–water partition coefficient (Wildman–Crippen LogP) is 2.72. The number of benzene rings is 1. The molecule has 0 bridgehead atoms. The Morgan fingerprint density at radius 2 is 1.90 bits per heavy atom. The van der Waals surface area contributed by atoms with Gasteiger partial charge in [-0.25, -0.2) is 0 Å². The minimum Gasteiger partial charge on any atom is -0.481 e. The quantitative estimate of drug-likeness (QED) is 0.838. The lowest BCUT2D eigenvalue weighted by Crippen LogP contribution is -2.31. The third-order valence-corrected chi connectivity index (χ3v) is 3.07. The van der Waals surface area contributed by atoms with Gasteiger partial charge in [0, 0.05) is 5.70 Å². The number of hydrogen-bond donors (Lipinski definition) is 1. The first-order valence-corrected chi connectivity index (χ1v) is 6.59. The summed E-state index contributed by atoms with van der Waals surface area (Å²) in [7, 11) is 0. The first-order valence-electron chi connectivity index (χ1n) is 6.59. The number of allylic oxidation sites excluding steroid dienone is 3. The van der Waals surface area contributed by atoms with Gasteiger partial charge in [0.2, 0.25) is 5.91 Å². The first kappa shape index (κ1) is 14.1. The molecule has 0 aromatic heterocycles. The van der Waals surface area contributed by atoms with Crippen LogP contribution in [0.1, 0.15) is 24.8 Å². The molecule has 0 fully saturated rings. The summed E-state index contributed by atoms with van der Waals surface area (Å²) in [5.41, 5.74) is 1.76. The summed E-state index contributed by atoms with van der Waals surface area (Å²) in [5.74, 6) is -1.49. The van der Waals surface area contributed by atoms with Crippen LogP contribution in [0, 0.1) is 0 Å². The van der Waals surface area contributed by atoms with Crippen LogP contribution in [0.4, 0.5) is 0 Å². The molecule has 2 rings (SSSR count). The van der Waals surface area contributed by atoms with Crippen molar-refractivity contribution in [2.45, 2.75) is 25.8 Å². The monoisotopic (exact) mass is 271 g/mol. The molecule has 20 heavy (non-hydrogen) atoms. The van der Waals surface area contributed by atoms with E-state index in [0.29, 0.717) is 6.54 Å². The number of nitrogens with zero attached hydrogens (tertiary/aromatic N) is 1. The Labute approximate surface area is 118 Å². The number of aliphatic carboxylic acids is 1. The molecule has 0 aliphatic heterocycles. The van der Waals surface area contributed by atoms with E-state index in [4.69, 9.17) is 5.11 Å². The molecule has 4 heteroatoms. The Hall–Kier alpha value is -2.36. The van der Waals surface area contributed by atoms with Gasteiger partial charge >= 0.3 is 5.97 Å². The van der Waals surface area contributed by atoms with Crippen LogP contribution >= 0.6 is 0 Å². The number of amides is 1. The summed E-state index contributed by atoms with van der Waals surface area (Å²) < 4.78 is 0. The second-order valence-corrected chi connectivity index (χ2v) is 4.64. The number of hydrogen-bond acceptors (Lipinski definition) is 2. The fourth-order valence-corrected chi connectivity index (χ4v) is 2.11. The van der Waals surface area contributed by atoms with E-state index in [9.17, 15) is 9.59 Å². The first-order chi connectivity index (χ1) is 9.66. The summed E-state index contributed by atoms with van der Waals surface area (Å²) in [4.78, 5) is 24.4. The molecule has 1 amide bonds. The summed E-state index contributed by atoms with van der Waals surface area (Å²) in [5, 5.41) is 8.81. The zero-order valence-corrected chi connectivity index (χ0v) is 11.2. The minimum atomic E-state index is -1.10. The maximum atomic E-state index is 12.1. The number of carboxylic acid groups (broad SMARTS) is 1. The van der Waals surface area contributed by atoms with Gasteiger partial charge in [-0.15, -0.1) is 0 Å². The average molecular weight is 271 g/mol. The second kappa shape index (κ2) is 6.70. The van der Waals surface area contributed by atoms with Crippen LogP contribution in [0.3, 0.4) is 0 Å². The zero-order valence-electron chi connectivity index (χ0n) is 11.2. The normalized spacial score (nSPS) is 13.7. The van der Waals surface area contributed by atoms with Crippen molar-refractivity contribution in [2.24, 2.45) is 0 Å². The van der Waals surface area contributed by atoms with Crippen molar-refractivity contribution < 1.29 is 14.7 Å². The van der Waals surface area contributed by atoms with E-state index in [1.807, 2.05) is 48.6 Å². The van der Waals surface area contributed by atoms with Gasteiger partial charge in [0.25, 0.3) is 0 Å². The molecular formula is C16H17NO3. The molecule has 0 saturated carbocycles. The summed E-state index contributed by atoms with van der Waals surface area (Å²) >= 11 is 0. The molecule has 0 spiro atoms. The average Bonchev–Trinajstić information content (AvgIpc) is 2.46. The molecule has 0 unspecified atom stereocenters. The van der Waals surface area contributed by atoms with Gasteiger partial charge in [-0.2, -0.15) is 0 Å². The molecule has 1 N–H and O–H groups in total. The standard InChI is InChI=1S/C16H17NO3/c18-15(11-16(19)20)17(14-9-5-2-6-10-14)12-13-7-3-1-4-8-13/h1,3-5,7-10H,2,6,11-12H2,(H,19,20). The molecule has 0 atom stereocenters. The lowest BCUT2D eigenvalue weighted by molar-refractivity contribution is -0.143. The van der Waals surface area contributed by atoms with Gasteiger partial charge in [0.05, 0.1) is 6.54 Å². The molecule has 104 valence electrons. The van der Waals surface area contributed by atoms with Crippen molar-refractivity contribution in [3.05, 3.63) is 59.8 Å². The Bertz CT molecular complexity index is 546. The maximum absolute atomic E-state index is 12.1. The maximum Gasteiger partial charge on any atom is 0.312 e. The Morgan fingerprint density at radius 3 is 2.50 bits per heavy atom. The van der Waals surface area contributed by atoms with Crippen molar-refractivity contribution in [1.29, 1.82) is 0 Å². The molecule has 1 aliphatic carbocycles. The van der Waals surface area contributed by atoms with Gasteiger partial charge in [0.1, 0.15) is 6.42 Å². The lowest BCUT2D eigenvalue weighted by Gasteiger charge is -2.25. The Kier molecular flexibility index (Phi) is 4.71. The van der Waals surface area contributed by atoms with Crippen LogP contribution in [0.15, 0.2) is 54.3 Å². The molecule has 1 aromatic rings. The minimum absolute atomic E-state index is 0.390. The third kappa shape index (κ3) is 3.82. The van der Waals surface area contributed by atoms with Crippen molar-refractivity contribution in [1.82, 2.24) is 4.90 Å². The van der Waals surface area contributed by atoms with Crippen LogP contribution in [-0.2, 0) is 16.1 Å². The Balaban J connectivity index is 2.19. The highest BCUT2D eigenvalue weighted by Crippen LogP contribution is 2.18. The zero-order chi connectivity index (χ0) is 14.4. The molecular weight excluding hydrogens is 254 g/mol. The van der Waals surface area contributed by atoms with Crippen molar-refractivity contribution >= 4 is 11.9 Å². The highest BCUT2D eigenvalue weighted by molar-refractivity contribution is 5.94. The van der Waals surface area contributed by atoms with Gasteiger partial charge in [-0.3, -0.25) is 9.59 Å². The smallest absolute Gasteiger partial charge is 0.312 e. The molecule has 1 aliphatic rings. The number of rotatable bonds is 5. The van der Waals surface area contributed by atoms with Crippen LogP contribution in [0.5, 0.6) is 0 Å². The molecule has 1 aromatic carbocycles. The summed E-state index contributed by atoms with van der Waals surface area (Å²) in [6.07, 6.45) is 7.20. The van der Waals surface area contributed by atoms with Crippen LogP contribution in [-0.4, -0.2) is 21.9 Å². The van der Waals surface area contributed by atoms with Gasteiger partial charge < -0.3 is 10.0 Å². The molecule has 4 nitrogen and oxygen atoms in total. The third-order valence-electron chi connectivity index (χ3n) is 3.07. The van der Waals surface area contributed by atoms with E-state index in [1.165, 1.54) is 0 Å². The van der Waals surface area contributed by atoms with Gasteiger partial charge in [-0.1, -0.05) is 42.5 Å². The highest BCUT2D eigenvalue weighted by Gasteiger charge is 2.20. The second-order valence-electron chi connectivity index (χ2n) is 4.64. The van der Waals surface area contributed by atoms with E-state index < -0.39 is 12.4 Å². The molecule has 0 radical (unpaired) electrons. The number of carbonyl (C=O) groups excluding carboxylic acids is 1. The molecule has 0 saturated heterocycles. The van der Waals surface area contributed by atoms with E-state index in [2.05, 4.69) is 0 Å². The topological polar surface area (TPSA) is 57.6 Å². The van der Waals surface area contributed by atoms with Crippen LogP contribution in [0.2, 0.25) is 0 Å². The van der Waals surface area contributed by atoms with Gasteiger partial charge in [-0.05, 0) is 24.5 Å². The van der Waals surface area contributed by atoms with Crippen molar-refractivity contribution in [3.63, 3.8) is 0 Å². The lowest BCUT2D eigenvalue weighted by atomic mass is 10.1. The number of carboxylic acids is 1. The van der Waals surface area contributed by atoms with E-state index in [1.54, 1.807) is 4.90 Å². The summed E-state index contributed by atoms with van der Waals surface area (Å²) in [6, 6.07) is 9.57. The summed E-state index contributed by atoms with van der Waals surface area (Å²) in [6.45, 7) is 0.392. The van der Waals surface area contributed by atoms with E-state index >= 15 is 0 Å². The fraction of sp³-hybridized carbons (Fsp3) is 0.250. The molecule has 0 heterocycles. The largest absolute Gasteiger partial charge is 0.481 e. The van der Waals surface area contributed by atoms with Crippen molar-refractivity contribution in [2.75, 3.05) is 0 Å². The van der Waals surface area contributed by atoms with Crippen LogP contribution in [0.25, 0.3) is 0 Å². The predicted molar refractivity (Wildman–Crippen MR) is 75.7 cm³/mol.